The fraction of sp³-hybridized carbons (Fsp3) is 1.00. The third-order valence-electron chi connectivity index (χ3n) is 5.36. The summed E-state index contributed by atoms with van der Waals surface area (Å²) in [6.07, 6.45) is 8.31. The zero-order valence-corrected chi connectivity index (χ0v) is 11.9. The van der Waals surface area contributed by atoms with Crippen molar-refractivity contribution in [3.05, 3.63) is 0 Å². The number of hydrogen-bond donors (Lipinski definition) is 1. The third kappa shape index (κ3) is 2.73. The summed E-state index contributed by atoms with van der Waals surface area (Å²) in [5.74, 6) is 0.907. The summed E-state index contributed by atoms with van der Waals surface area (Å²) >= 11 is 0. The van der Waals surface area contributed by atoms with Crippen molar-refractivity contribution < 1.29 is 0 Å². The van der Waals surface area contributed by atoms with Crippen molar-refractivity contribution in [2.45, 2.75) is 63.6 Å². The molecule has 2 aliphatic heterocycles. The van der Waals surface area contributed by atoms with E-state index in [1.165, 1.54) is 58.2 Å². The Morgan fingerprint density at radius 3 is 2.39 bits per heavy atom. The van der Waals surface area contributed by atoms with Gasteiger partial charge in [-0.25, -0.2) is 0 Å². The van der Waals surface area contributed by atoms with Crippen LogP contribution in [-0.4, -0.2) is 54.1 Å². The standard InChI is InChI=1S/C15H29N3/c1-12-10-15(11-18(12)14-2-3-14)17-8-5-13(4-7-16)6-9-17/h12-15H,2-11,16H2,1H3. The van der Waals surface area contributed by atoms with Crippen LogP contribution in [0.5, 0.6) is 0 Å². The first kappa shape index (κ1) is 12.9. The average Bonchev–Trinajstić information content (AvgIpc) is 3.14. The van der Waals surface area contributed by atoms with Gasteiger partial charge in [0, 0.05) is 24.7 Å². The van der Waals surface area contributed by atoms with E-state index in [1.54, 1.807) is 0 Å². The van der Waals surface area contributed by atoms with Crippen molar-refractivity contribution >= 4 is 0 Å². The van der Waals surface area contributed by atoms with Crippen LogP contribution in [0.4, 0.5) is 0 Å². The normalized spacial score (nSPS) is 36.3. The van der Waals surface area contributed by atoms with E-state index in [4.69, 9.17) is 5.73 Å². The van der Waals surface area contributed by atoms with Crippen LogP contribution in [0, 0.1) is 5.92 Å². The Kier molecular flexibility index (Phi) is 3.92. The quantitative estimate of drug-likeness (QED) is 0.825. The lowest BCUT2D eigenvalue weighted by Crippen LogP contribution is -2.43. The van der Waals surface area contributed by atoms with Crippen molar-refractivity contribution in [2.24, 2.45) is 11.7 Å². The molecule has 3 aliphatic rings. The highest BCUT2D eigenvalue weighted by Crippen LogP contribution is 2.35. The van der Waals surface area contributed by atoms with Crippen LogP contribution in [0.2, 0.25) is 0 Å². The maximum Gasteiger partial charge on any atom is 0.0238 e. The van der Waals surface area contributed by atoms with Gasteiger partial charge in [0.25, 0.3) is 0 Å². The maximum absolute atomic E-state index is 5.67. The Balaban J connectivity index is 1.48. The topological polar surface area (TPSA) is 32.5 Å². The van der Waals surface area contributed by atoms with Crippen LogP contribution in [0.25, 0.3) is 0 Å². The third-order valence-corrected chi connectivity index (χ3v) is 5.36. The molecule has 1 saturated carbocycles. The molecule has 104 valence electrons. The predicted molar refractivity (Wildman–Crippen MR) is 75.6 cm³/mol. The van der Waals surface area contributed by atoms with Gasteiger partial charge in [-0.1, -0.05) is 0 Å². The molecule has 0 aromatic heterocycles. The number of piperidine rings is 1. The Hall–Kier alpha value is -0.120. The molecular weight excluding hydrogens is 222 g/mol. The Morgan fingerprint density at radius 1 is 1.06 bits per heavy atom. The van der Waals surface area contributed by atoms with Crippen LogP contribution < -0.4 is 5.73 Å². The van der Waals surface area contributed by atoms with Gasteiger partial charge < -0.3 is 5.73 Å². The lowest BCUT2D eigenvalue weighted by Gasteiger charge is -2.36. The Morgan fingerprint density at radius 2 is 1.78 bits per heavy atom. The van der Waals surface area contributed by atoms with E-state index >= 15 is 0 Å². The number of likely N-dealkylation sites (tertiary alicyclic amines) is 2. The molecule has 0 aromatic rings. The second-order valence-electron chi connectivity index (χ2n) is 6.72. The van der Waals surface area contributed by atoms with Gasteiger partial charge in [0.2, 0.25) is 0 Å². The first-order valence-electron chi connectivity index (χ1n) is 7.97. The minimum Gasteiger partial charge on any atom is -0.330 e. The number of nitrogens with two attached hydrogens (primary N) is 1. The number of rotatable bonds is 4. The SMILES string of the molecule is CC1CC(N2CCC(CCN)CC2)CN1C1CC1. The second-order valence-corrected chi connectivity index (χ2v) is 6.72. The van der Waals surface area contributed by atoms with Crippen LogP contribution in [-0.2, 0) is 0 Å². The molecule has 2 N–H and O–H groups in total. The second kappa shape index (κ2) is 5.48. The highest BCUT2D eigenvalue weighted by Gasteiger charge is 2.40. The fourth-order valence-electron chi connectivity index (χ4n) is 4.05. The Labute approximate surface area is 112 Å². The molecule has 2 heterocycles. The largest absolute Gasteiger partial charge is 0.330 e. The fourth-order valence-corrected chi connectivity index (χ4v) is 4.05. The van der Waals surface area contributed by atoms with Gasteiger partial charge in [0.05, 0.1) is 0 Å². The van der Waals surface area contributed by atoms with E-state index in [9.17, 15) is 0 Å². The predicted octanol–water partition coefficient (Wildman–Crippen LogP) is 1.67. The summed E-state index contributed by atoms with van der Waals surface area (Å²) in [4.78, 5) is 5.54. The van der Waals surface area contributed by atoms with Crippen molar-refractivity contribution in [1.82, 2.24) is 9.80 Å². The van der Waals surface area contributed by atoms with Crippen LogP contribution >= 0.6 is 0 Å². The summed E-state index contributed by atoms with van der Waals surface area (Å²) in [5, 5.41) is 0. The minimum atomic E-state index is 0.823. The number of hydrogen-bond acceptors (Lipinski definition) is 3. The van der Waals surface area contributed by atoms with Crippen molar-refractivity contribution in [3.8, 4) is 0 Å². The van der Waals surface area contributed by atoms with E-state index in [2.05, 4.69) is 16.7 Å². The first-order chi connectivity index (χ1) is 8.78. The number of nitrogens with zero attached hydrogens (tertiary/aromatic N) is 2. The summed E-state index contributed by atoms with van der Waals surface area (Å²) in [5.41, 5.74) is 5.67. The highest BCUT2D eigenvalue weighted by atomic mass is 15.3. The van der Waals surface area contributed by atoms with Crippen LogP contribution in [0.1, 0.15) is 45.4 Å². The van der Waals surface area contributed by atoms with E-state index in [0.29, 0.717) is 0 Å². The van der Waals surface area contributed by atoms with Gasteiger partial charge in [-0.3, -0.25) is 9.80 Å². The van der Waals surface area contributed by atoms with Crippen molar-refractivity contribution in [2.75, 3.05) is 26.2 Å². The lowest BCUT2D eigenvalue weighted by atomic mass is 9.92. The van der Waals surface area contributed by atoms with E-state index in [-0.39, 0.29) is 0 Å². The highest BCUT2D eigenvalue weighted by molar-refractivity contribution is 4.97. The molecule has 1 aliphatic carbocycles. The molecular formula is C15H29N3. The maximum atomic E-state index is 5.67. The molecule has 0 radical (unpaired) electrons. The smallest absolute Gasteiger partial charge is 0.0238 e. The van der Waals surface area contributed by atoms with E-state index in [1.807, 2.05) is 0 Å². The average molecular weight is 251 g/mol. The molecule has 2 atom stereocenters. The molecule has 18 heavy (non-hydrogen) atoms. The molecule has 0 bridgehead atoms. The van der Waals surface area contributed by atoms with Gasteiger partial charge in [0.15, 0.2) is 0 Å². The molecule has 3 heteroatoms. The first-order valence-corrected chi connectivity index (χ1v) is 7.97. The molecule has 3 nitrogen and oxygen atoms in total. The molecule has 0 amide bonds. The van der Waals surface area contributed by atoms with E-state index < -0.39 is 0 Å². The minimum absolute atomic E-state index is 0.823. The molecule has 0 spiro atoms. The lowest BCUT2D eigenvalue weighted by molar-refractivity contribution is 0.129. The Bertz CT molecular complexity index is 269. The van der Waals surface area contributed by atoms with Gasteiger partial charge in [0.1, 0.15) is 0 Å². The molecule has 3 rings (SSSR count). The van der Waals surface area contributed by atoms with Crippen molar-refractivity contribution in [1.29, 1.82) is 0 Å². The molecule has 0 aromatic carbocycles. The van der Waals surface area contributed by atoms with Crippen LogP contribution in [0.15, 0.2) is 0 Å². The van der Waals surface area contributed by atoms with Gasteiger partial charge in [-0.05, 0) is 71.0 Å². The zero-order valence-electron chi connectivity index (χ0n) is 11.9. The molecule has 3 fully saturated rings. The summed E-state index contributed by atoms with van der Waals surface area (Å²) in [6.45, 7) is 7.29. The molecule has 2 saturated heterocycles. The summed E-state index contributed by atoms with van der Waals surface area (Å²) in [6, 6.07) is 2.61. The molecule has 2 unspecified atom stereocenters. The van der Waals surface area contributed by atoms with Crippen molar-refractivity contribution in [3.63, 3.8) is 0 Å². The van der Waals surface area contributed by atoms with Gasteiger partial charge in [-0.2, -0.15) is 0 Å². The summed E-state index contributed by atoms with van der Waals surface area (Å²) in [7, 11) is 0. The monoisotopic (exact) mass is 251 g/mol. The zero-order chi connectivity index (χ0) is 12.5. The summed E-state index contributed by atoms with van der Waals surface area (Å²) < 4.78 is 0. The van der Waals surface area contributed by atoms with Gasteiger partial charge >= 0.3 is 0 Å². The van der Waals surface area contributed by atoms with Gasteiger partial charge in [-0.15, -0.1) is 0 Å². The van der Waals surface area contributed by atoms with E-state index in [0.717, 1.165) is 30.6 Å². The van der Waals surface area contributed by atoms with Crippen LogP contribution in [0.3, 0.4) is 0 Å².